The van der Waals surface area contributed by atoms with Crippen LogP contribution in [0.3, 0.4) is 0 Å². The lowest BCUT2D eigenvalue weighted by atomic mass is 10.0. The summed E-state index contributed by atoms with van der Waals surface area (Å²) in [4.78, 5) is 35.0. The van der Waals surface area contributed by atoms with Crippen LogP contribution in [-0.2, 0) is 9.63 Å². The molecule has 0 radical (unpaired) electrons. The number of likely N-dealkylation sites (N-methyl/N-ethyl adjacent to an activating group) is 1. The van der Waals surface area contributed by atoms with E-state index in [-0.39, 0.29) is 18.1 Å². The topological polar surface area (TPSA) is 110 Å². The van der Waals surface area contributed by atoms with Crippen molar-refractivity contribution in [1.82, 2.24) is 25.2 Å². The van der Waals surface area contributed by atoms with E-state index in [0.29, 0.717) is 29.9 Å². The van der Waals surface area contributed by atoms with E-state index in [2.05, 4.69) is 60.3 Å². The van der Waals surface area contributed by atoms with Crippen molar-refractivity contribution in [2.24, 2.45) is 4.99 Å². The average Bonchev–Trinajstić information content (AvgIpc) is 3.56. The molecule has 4 aliphatic heterocycles. The smallest absolute Gasteiger partial charge is 0.247 e. The van der Waals surface area contributed by atoms with Gasteiger partial charge in [0.05, 0.1) is 43.2 Å². The summed E-state index contributed by atoms with van der Waals surface area (Å²) < 4.78 is 5.88. The number of rotatable bonds is 9. The number of ether oxygens (including phenoxy) is 1. The molecule has 1 amide bonds. The molecule has 1 aromatic heterocycles. The number of aromatic nitrogens is 1. The number of nitrogens with one attached hydrogen (secondary N) is 3. The Morgan fingerprint density at radius 3 is 2.62 bits per heavy atom. The lowest BCUT2D eigenvalue weighted by Crippen LogP contribution is -2.52. The number of amides is 1. The maximum absolute atomic E-state index is 12.5. The number of benzene rings is 1. The average molecular weight is 616 g/mol. The number of methoxy groups -OCH3 is 1. The molecule has 3 saturated heterocycles. The van der Waals surface area contributed by atoms with Crippen molar-refractivity contribution in [3.8, 4) is 5.75 Å². The van der Waals surface area contributed by atoms with Crippen LogP contribution in [0.15, 0.2) is 60.0 Å². The molecule has 5 heterocycles. The van der Waals surface area contributed by atoms with Gasteiger partial charge in [0.2, 0.25) is 5.91 Å². The Hall–Kier alpha value is -4.13. The number of aryl methyl sites for hydroxylation is 1. The summed E-state index contributed by atoms with van der Waals surface area (Å²) in [7, 11) is 3.86. The molecule has 3 N–H and O–H groups in total. The third-order valence-electron chi connectivity index (χ3n) is 9.15. The maximum atomic E-state index is 12.5. The van der Waals surface area contributed by atoms with Gasteiger partial charge in [0.15, 0.2) is 5.82 Å². The molecule has 2 aromatic rings. The Morgan fingerprint density at radius 1 is 1.11 bits per heavy atom. The number of hydrogen-bond donors (Lipinski definition) is 3. The molecule has 12 nitrogen and oxygen atoms in total. The normalized spacial score (nSPS) is 23.0. The molecule has 2 atom stereocenters. The zero-order valence-corrected chi connectivity index (χ0v) is 26.5. The van der Waals surface area contributed by atoms with Crippen LogP contribution in [0, 0.1) is 6.92 Å². The second kappa shape index (κ2) is 13.9. The van der Waals surface area contributed by atoms with Crippen LogP contribution in [0.2, 0.25) is 0 Å². The van der Waals surface area contributed by atoms with Gasteiger partial charge in [-0.05, 0) is 50.6 Å². The van der Waals surface area contributed by atoms with E-state index >= 15 is 0 Å². The molecule has 0 spiro atoms. The first-order valence-electron chi connectivity index (χ1n) is 15.9. The van der Waals surface area contributed by atoms with Crippen molar-refractivity contribution in [1.29, 1.82) is 0 Å². The Bertz CT molecular complexity index is 1410. The van der Waals surface area contributed by atoms with E-state index < -0.39 is 0 Å². The predicted molar refractivity (Wildman–Crippen MR) is 177 cm³/mol. The van der Waals surface area contributed by atoms with Crippen LogP contribution in [0.5, 0.6) is 5.75 Å². The third kappa shape index (κ3) is 7.08. The van der Waals surface area contributed by atoms with E-state index in [9.17, 15) is 4.79 Å². The van der Waals surface area contributed by atoms with Gasteiger partial charge in [-0.3, -0.25) is 19.5 Å². The molecular weight excluding hydrogens is 570 g/mol. The van der Waals surface area contributed by atoms with Crippen molar-refractivity contribution in [2.45, 2.75) is 44.4 Å². The highest BCUT2D eigenvalue weighted by atomic mass is 16.7. The van der Waals surface area contributed by atoms with Crippen molar-refractivity contribution >= 4 is 29.3 Å². The van der Waals surface area contributed by atoms with E-state index in [0.717, 1.165) is 81.2 Å². The Morgan fingerprint density at radius 2 is 1.91 bits per heavy atom. The van der Waals surface area contributed by atoms with Gasteiger partial charge in [0.1, 0.15) is 11.9 Å². The molecule has 6 rings (SSSR count). The molecule has 0 aliphatic carbocycles. The molecule has 3 fully saturated rings. The minimum atomic E-state index is -0.305. The lowest BCUT2D eigenvalue weighted by molar-refractivity contribution is -0.111. The van der Waals surface area contributed by atoms with E-state index in [1.165, 1.54) is 6.08 Å². The summed E-state index contributed by atoms with van der Waals surface area (Å²) in [5.41, 5.74) is 4.46. The Balaban J connectivity index is 1.20. The highest BCUT2D eigenvalue weighted by molar-refractivity contribution is 6.02. The van der Waals surface area contributed by atoms with Crippen LogP contribution in [0.4, 0.5) is 17.1 Å². The number of hydroxylamine groups is 2. The highest BCUT2D eigenvalue weighted by Gasteiger charge is 2.32. The molecule has 1 aromatic carbocycles. The molecule has 45 heavy (non-hydrogen) atoms. The molecular formula is C33H45N9O3. The molecule has 12 heteroatoms. The van der Waals surface area contributed by atoms with Crippen LogP contribution < -0.4 is 25.6 Å². The summed E-state index contributed by atoms with van der Waals surface area (Å²) in [6.07, 6.45) is 9.56. The fourth-order valence-electron chi connectivity index (χ4n) is 6.53. The first-order chi connectivity index (χ1) is 21.9. The van der Waals surface area contributed by atoms with Crippen molar-refractivity contribution < 1.29 is 14.4 Å². The fraction of sp³-hybridized carbons (Fsp3) is 0.485. The Labute approximate surface area is 265 Å². The Kier molecular flexibility index (Phi) is 9.53. The maximum Gasteiger partial charge on any atom is 0.247 e. The van der Waals surface area contributed by atoms with Gasteiger partial charge in [0, 0.05) is 75.8 Å². The van der Waals surface area contributed by atoms with E-state index in [1.807, 2.05) is 42.5 Å². The zero-order valence-electron chi connectivity index (χ0n) is 26.5. The number of carbonyl (C=O) groups excluding carboxylic acids is 1. The largest absolute Gasteiger partial charge is 0.495 e. The number of aliphatic imine (C=N–C) groups is 1. The fourth-order valence-corrected chi connectivity index (χ4v) is 6.53. The summed E-state index contributed by atoms with van der Waals surface area (Å²) in [6.45, 7) is 12.6. The molecule has 240 valence electrons. The van der Waals surface area contributed by atoms with Crippen LogP contribution >= 0.6 is 0 Å². The number of anilines is 3. The van der Waals surface area contributed by atoms with Crippen molar-refractivity contribution in [3.05, 3.63) is 66.3 Å². The number of piperidine rings is 1. The van der Waals surface area contributed by atoms with Gasteiger partial charge in [-0.1, -0.05) is 12.6 Å². The third-order valence-corrected chi connectivity index (χ3v) is 9.15. The highest BCUT2D eigenvalue weighted by Crippen LogP contribution is 2.40. The predicted octanol–water partition coefficient (Wildman–Crippen LogP) is 3.33. The van der Waals surface area contributed by atoms with Gasteiger partial charge in [-0.15, -0.1) is 0 Å². The SMILES string of the molecule is C=CC(=O)Nc1cc(NC2C=C(N3OCC[C@@H]3c3ccc(C)nc3)N=CN2)c(OC)cc1N1CCC(N2CCN(C)CC2)CC1. The minimum absolute atomic E-state index is 0.0233. The van der Waals surface area contributed by atoms with Crippen molar-refractivity contribution in [3.63, 3.8) is 0 Å². The van der Waals surface area contributed by atoms with Crippen LogP contribution in [0.1, 0.15) is 36.6 Å². The number of carbonyl (C=O) groups is 1. The summed E-state index contributed by atoms with van der Waals surface area (Å²) in [5, 5.41) is 11.7. The summed E-state index contributed by atoms with van der Waals surface area (Å²) >= 11 is 0. The second-order valence-electron chi connectivity index (χ2n) is 12.1. The standard InChI is InChI=1S/C33H45N9O3/c1-5-33(43)38-26-18-27(30(44-4)19-29(26)41-11-8-25(9-12-41)40-15-13-39(3)14-16-40)37-31-20-32(36-22-35-31)42-28(10-17-45-42)24-7-6-23(2)34-21-24/h5-7,18-22,25,28,31,37H,1,8-17H2,2-4H3,(H,35,36)(H,38,43)/t28-,31?/m1/s1. The first-order valence-corrected chi connectivity index (χ1v) is 15.9. The molecule has 0 bridgehead atoms. The number of piperazine rings is 1. The first kappa shape index (κ1) is 30.9. The molecule has 4 aliphatic rings. The number of nitrogens with zero attached hydrogens (tertiary/aromatic N) is 6. The van der Waals surface area contributed by atoms with Crippen LogP contribution in [0.25, 0.3) is 0 Å². The zero-order chi connectivity index (χ0) is 31.3. The van der Waals surface area contributed by atoms with Gasteiger partial charge >= 0.3 is 0 Å². The number of pyridine rings is 1. The molecule has 1 unspecified atom stereocenters. The van der Waals surface area contributed by atoms with E-state index in [1.54, 1.807) is 13.4 Å². The summed E-state index contributed by atoms with van der Waals surface area (Å²) in [5.74, 6) is 1.13. The van der Waals surface area contributed by atoms with Crippen LogP contribution in [-0.4, -0.2) is 104 Å². The second-order valence-corrected chi connectivity index (χ2v) is 12.1. The number of hydrogen-bond acceptors (Lipinski definition) is 11. The van der Waals surface area contributed by atoms with Gasteiger partial charge in [-0.25, -0.2) is 10.1 Å². The van der Waals surface area contributed by atoms with E-state index in [4.69, 9.17) is 9.57 Å². The summed E-state index contributed by atoms with van der Waals surface area (Å²) in [6, 6.07) is 8.68. The minimum Gasteiger partial charge on any atom is -0.495 e. The lowest BCUT2D eigenvalue weighted by Gasteiger charge is -2.43. The van der Waals surface area contributed by atoms with Gasteiger partial charge in [0.25, 0.3) is 0 Å². The van der Waals surface area contributed by atoms with Gasteiger partial charge < -0.3 is 30.5 Å². The quantitative estimate of drug-likeness (QED) is 0.364. The van der Waals surface area contributed by atoms with Gasteiger partial charge in [-0.2, -0.15) is 0 Å². The van der Waals surface area contributed by atoms with Crippen molar-refractivity contribution in [2.75, 3.05) is 75.6 Å². The monoisotopic (exact) mass is 615 g/mol. The molecule has 0 saturated carbocycles.